The smallest absolute Gasteiger partial charge is 0.269 e. The predicted molar refractivity (Wildman–Crippen MR) is 77.4 cm³/mol. The summed E-state index contributed by atoms with van der Waals surface area (Å²) in [6, 6.07) is 11.4. The number of ether oxygens (including phenoxy) is 1. The quantitative estimate of drug-likeness (QED) is 0.675. The zero-order valence-corrected chi connectivity index (χ0v) is 11.3. The molecular weight excluding hydrogens is 280 g/mol. The fraction of sp³-hybridized carbons (Fsp3) is 0.143. The first-order valence-electron chi connectivity index (χ1n) is 6.01. The van der Waals surface area contributed by atoms with Gasteiger partial charge >= 0.3 is 0 Å². The van der Waals surface area contributed by atoms with Crippen LogP contribution in [-0.2, 0) is 6.42 Å². The van der Waals surface area contributed by atoms with Crippen LogP contribution in [0.15, 0.2) is 42.5 Å². The van der Waals surface area contributed by atoms with E-state index in [1.165, 1.54) is 12.1 Å². The van der Waals surface area contributed by atoms with Gasteiger partial charge < -0.3 is 10.5 Å². The van der Waals surface area contributed by atoms with Crippen LogP contribution in [0, 0.1) is 10.1 Å². The molecule has 0 radical (unpaired) electrons. The van der Waals surface area contributed by atoms with Gasteiger partial charge in [-0.25, -0.2) is 0 Å². The number of hydrogen-bond donors (Lipinski definition) is 1. The maximum atomic E-state index is 10.8. The van der Waals surface area contributed by atoms with Gasteiger partial charge in [0.15, 0.2) is 0 Å². The van der Waals surface area contributed by atoms with E-state index in [1.807, 2.05) is 0 Å². The largest absolute Gasteiger partial charge is 0.457 e. The molecule has 2 aromatic rings. The highest BCUT2D eigenvalue weighted by Gasteiger charge is 2.12. The Balaban J connectivity index is 2.30. The minimum absolute atomic E-state index is 0.0249. The van der Waals surface area contributed by atoms with Crippen LogP contribution in [0.5, 0.6) is 11.5 Å². The standard InChI is InChI=1S/C14H13ClN2O3/c15-11-1-4-13(5-2-11)20-14-6-3-12(17(18)19)9-10(14)7-8-16/h1-6,9H,7-8,16H2. The lowest BCUT2D eigenvalue weighted by atomic mass is 10.1. The molecule has 6 heteroatoms. The summed E-state index contributed by atoms with van der Waals surface area (Å²) in [4.78, 5) is 10.3. The minimum atomic E-state index is -0.438. The van der Waals surface area contributed by atoms with Crippen LogP contribution in [-0.4, -0.2) is 11.5 Å². The highest BCUT2D eigenvalue weighted by Crippen LogP contribution is 2.29. The maximum Gasteiger partial charge on any atom is 0.269 e. The molecule has 0 aliphatic rings. The average Bonchev–Trinajstić information content (AvgIpc) is 2.43. The average molecular weight is 293 g/mol. The third-order valence-electron chi connectivity index (χ3n) is 2.71. The highest BCUT2D eigenvalue weighted by atomic mass is 35.5. The van der Waals surface area contributed by atoms with Crippen molar-refractivity contribution < 1.29 is 9.66 Å². The lowest BCUT2D eigenvalue weighted by Gasteiger charge is -2.10. The highest BCUT2D eigenvalue weighted by molar-refractivity contribution is 6.30. The van der Waals surface area contributed by atoms with Crippen LogP contribution < -0.4 is 10.5 Å². The van der Waals surface area contributed by atoms with Crippen LogP contribution in [0.2, 0.25) is 5.02 Å². The first-order valence-corrected chi connectivity index (χ1v) is 6.39. The Hall–Kier alpha value is -2.11. The number of nitrogens with zero attached hydrogens (tertiary/aromatic N) is 1. The Morgan fingerprint density at radius 2 is 1.90 bits per heavy atom. The van der Waals surface area contributed by atoms with Gasteiger partial charge in [-0.2, -0.15) is 0 Å². The summed E-state index contributed by atoms with van der Waals surface area (Å²) in [7, 11) is 0. The van der Waals surface area contributed by atoms with E-state index in [4.69, 9.17) is 22.1 Å². The van der Waals surface area contributed by atoms with Gasteiger partial charge in [0.2, 0.25) is 0 Å². The molecule has 0 bridgehead atoms. The van der Waals surface area contributed by atoms with Gasteiger partial charge in [0.05, 0.1) is 4.92 Å². The van der Waals surface area contributed by atoms with Crippen LogP contribution in [0.3, 0.4) is 0 Å². The van der Waals surface area contributed by atoms with Gasteiger partial charge in [0, 0.05) is 22.7 Å². The van der Waals surface area contributed by atoms with Gasteiger partial charge in [-0.3, -0.25) is 10.1 Å². The molecule has 0 fully saturated rings. The Morgan fingerprint density at radius 1 is 1.20 bits per heavy atom. The second kappa shape index (κ2) is 6.36. The van der Waals surface area contributed by atoms with Crippen molar-refractivity contribution in [3.8, 4) is 11.5 Å². The van der Waals surface area contributed by atoms with E-state index >= 15 is 0 Å². The summed E-state index contributed by atoms with van der Waals surface area (Å²) in [5.41, 5.74) is 6.26. The Labute approximate surface area is 121 Å². The summed E-state index contributed by atoms with van der Waals surface area (Å²) in [5.74, 6) is 1.17. The lowest BCUT2D eigenvalue weighted by molar-refractivity contribution is -0.384. The molecule has 20 heavy (non-hydrogen) atoms. The second-order valence-corrected chi connectivity index (χ2v) is 4.58. The van der Waals surface area contributed by atoms with Gasteiger partial charge in [0.25, 0.3) is 5.69 Å². The molecule has 0 aromatic heterocycles. The van der Waals surface area contributed by atoms with Crippen LogP contribution in [0.1, 0.15) is 5.56 Å². The summed E-state index contributed by atoms with van der Waals surface area (Å²) >= 11 is 5.80. The fourth-order valence-electron chi connectivity index (χ4n) is 1.76. The molecule has 0 spiro atoms. The van der Waals surface area contributed by atoms with Crippen LogP contribution in [0.4, 0.5) is 5.69 Å². The molecule has 0 aliphatic carbocycles. The zero-order valence-electron chi connectivity index (χ0n) is 10.6. The molecule has 0 aliphatic heterocycles. The third kappa shape index (κ3) is 3.46. The molecule has 0 unspecified atom stereocenters. The van der Waals surface area contributed by atoms with E-state index in [2.05, 4.69) is 0 Å². The van der Waals surface area contributed by atoms with Crippen molar-refractivity contribution in [3.05, 3.63) is 63.2 Å². The summed E-state index contributed by atoms with van der Waals surface area (Å²) in [5, 5.41) is 11.4. The Bertz CT molecular complexity index is 614. The molecule has 2 rings (SSSR count). The van der Waals surface area contributed by atoms with E-state index in [0.29, 0.717) is 35.1 Å². The number of halogens is 1. The van der Waals surface area contributed by atoms with Crippen LogP contribution >= 0.6 is 11.6 Å². The molecule has 0 atom stereocenters. The molecule has 0 amide bonds. The number of nitro groups is 1. The molecule has 2 aromatic carbocycles. The van der Waals surface area contributed by atoms with Gasteiger partial charge in [-0.05, 0) is 43.3 Å². The van der Waals surface area contributed by atoms with E-state index in [9.17, 15) is 10.1 Å². The van der Waals surface area contributed by atoms with Crippen molar-refractivity contribution in [2.24, 2.45) is 5.73 Å². The van der Waals surface area contributed by atoms with Crippen LogP contribution in [0.25, 0.3) is 0 Å². The summed E-state index contributed by atoms with van der Waals surface area (Å²) in [6.07, 6.45) is 0.505. The topological polar surface area (TPSA) is 78.4 Å². The van der Waals surface area contributed by atoms with Crippen molar-refractivity contribution in [3.63, 3.8) is 0 Å². The zero-order chi connectivity index (χ0) is 14.5. The minimum Gasteiger partial charge on any atom is -0.457 e. The first-order chi connectivity index (χ1) is 9.60. The number of rotatable bonds is 5. The van der Waals surface area contributed by atoms with E-state index in [0.717, 1.165) is 0 Å². The number of nitrogens with two attached hydrogens (primary N) is 1. The van der Waals surface area contributed by atoms with Crippen molar-refractivity contribution in [1.82, 2.24) is 0 Å². The Morgan fingerprint density at radius 3 is 2.50 bits per heavy atom. The molecule has 104 valence electrons. The Kier molecular flexibility index (Phi) is 4.55. The number of non-ortho nitro benzene ring substituents is 1. The van der Waals surface area contributed by atoms with E-state index in [-0.39, 0.29) is 5.69 Å². The van der Waals surface area contributed by atoms with E-state index < -0.39 is 4.92 Å². The van der Waals surface area contributed by atoms with Crippen molar-refractivity contribution >= 4 is 17.3 Å². The van der Waals surface area contributed by atoms with Gasteiger partial charge in [-0.1, -0.05) is 11.6 Å². The predicted octanol–water partition coefficient (Wildman–Crippen LogP) is 3.54. The number of benzene rings is 2. The SMILES string of the molecule is NCCc1cc([N+](=O)[O-])ccc1Oc1ccc(Cl)cc1. The molecule has 2 N–H and O–H groups in total. The third-order valence-corrected chi connectivity index (χ3v) is 2.96. The molecule has 0 saturated carbocycles. The summed E-state index contributed by atoms with van der Waals surface area (Å²) in [6.45, 7) is 0.387. The number of hydrogen-bond acceptors (Lipinski definition) is 4. The van der Waals surface area contributed by atoms with Crippen molar-refractivity contribution in [2.75, 3.05) is 6.54 Å². The number of nitro benzene ring substituents is 1. The lowest BCUT2D eigenvalue weighted by Crippen LogP contribution is -2.04. The van der Waals surface area contributed by atoms with E-state index in [1.54, 1.807) is 30.3 Å². The fourth-order valence-corrected chi connectivity index (χ4v) is 1.89. The summed E-state index contributed by atoms with van der Waals surface area (Å²) < 4.78 is 5.71. The van der Waals surface area contributed by atoms with Crippen molar-refractivity contribution in [2.45, 2.75) is 6.42 Å². The normalized spacial score (nSPS) is 10.3. The molecular formula is C14H13ClN2O3. The first kappa shape index (κ1) is 14.3. The second-order valence-electron chi connectivity index (χ2n) is 4.14. The molecule has 5 nitrogen and oxygen atoms in total. The van der Waals surface area contributed by atoms with Crippen molar-refractivity contribution in [1.29, 1.82) is 0 Å². The molecule has 0 saturated heterocycles. The monoisotopic (exact) mass is 292 g/mol. The van der Waals surface area contributed by atoms with Gasteiger partial charge in [0.1, 0.15) is 11.5 Å². The maximum absolute atomic E-state index is 10.8. The molecule has 0 heterocycles. The van der Waals surface area contributed by atoms with Gasteiger partial charge in [-0.15, -0.1) is 0 Å².